The van der Waals surface area contributed by atoms with Crippen LogP contribution in [0.2, 0.25) is 0 Å². The molecule has 1 aromatic heterocycles. The number of halogens is 1. The first-order valence-electron chi connectivity index (χ1n) is 7.03. The number of hydrogen-bond donors (Lipinski definition) is 1. The third kappa shape index (κ3) is 2.90. The molecule has 0 saturated carbocycles. The Morgan fingerprint density at radius 1 is 1.52 bits per heavy atom. The van der Waals surface area contributed by atoms with Crippen molar-refractivity contribution in [1.82, 2.24) is 9.55 Å². The third-order valence-corrected chi connectivity index (χ3v) is 3.81. The summed E-state index contributed by atoms with van der Waals surface area (Å²) in [7, 11) is 0. The maximum atomic E-state index is 13.2. The Bertz CT molecular complexity index is 683. The summed E-state index contributed by atoms with van der Waals surface area (Å²) in [6.45, 7) is 2.47. The number of hydrogen-bond acceptors (Lipinski definition) is 4. The van der Waals surface area contributed by atoms with Crippen molar-refractivity contribution in [3.63, 3.8) is 0 Å². The molecule has 0 amide bonds. The summed E-state index contributed by atoms with van der Waals surface area (Å²) in [5.41, 5.74) is 1.48. The molecule has 1 aromatic carbocycles. The molecule has 112 valence electrons. The molecule has 3 rings (SSSR count). The highest BCUT2D eigenvalue weighted by Crippen LogP contribution is 2.21. The fraction of sp³-hybridized carbons (Fsp3) is 0.467. The number of carbonyl (C=O) groups is 1. The van der Waals surface area contributed by atoms with Gasteiger partial charge in [0.2, 0.25) is 0 Å². The van der Waals surface area contributed by atoms with Crippen LogP contribution in [0.4, 0.5) is 4.39 Å². The van der Waals surface area contributed by atoms with Crippen LogP contribution < -0.4 is 0 Å². The molecule has 2 atom stereocenters. The standard InChI is InChI=1S/C15H17FN2O3/c1-9-17-13-6-10(16)2-3-14(13)18(9)5-4-12-7-11(19)8-15(20)21-12/h2-3,6,11-12,19H,4-5,7-8H2,1H3. The van der Waals surface area contributed by atoms with Gasteiger partial charge in [0.05, 0.1) is 23.6 Å². The summed E-state index contributed by atoms with van der Waals surface area (Å²) in [5.74, 6) is 0.128. The van der Waals surface area contributed by atoms with Crippen molar-refractivity contribution in [2.24, 2.45) is 0 Å². The molecule has 21 heavy (non-hydrogen) atoms. The van der Waals surface area contributed by atoms with E-state index < -0.39 is 6.10 Å². The van der Waals surface area contributed by atoms with Crippen molar-refractivity contribution in [2.75, 3.05) is 0 Å². The monoisotopic (exact) mass is 292 g/mol. The Hall–Kier alpha value is -1.95. The van der Waals surface area contributed by atoms with Crippen molar-refractivity contribution in [3.8, 4) is 0 Å². The molecule has 0 radical (unpaired) electrons. The van der Waals surface area contributed by atoms with Crippen LogP contribution in [0.25, 0.3) is 11.0 Å². The molecule has 1 aliphatic rings. The minimum atomic E-state index is -0.619. The van der Waals surface area contributed by atoms with Gasteiger partial charge in [-0.15, -0.1) is 0 Å². The Morgan fingerprint density at radius 3 is 3.10 bits per heavy atom. The number of aryl methyl sites for hydroxylation is 2. The highest BCUT2D eigenvalue weighted by Gasteiger charge is 2.27. The predicted molar refractivity (Wildman–Crippen MR) is 74.2 cm³/mol. The first-order valence-corrected chi connectivity index (χ1v) is 7.03. The fourth-order valence-electron chi connectivity index (χ4n) is 2.82. The van der Waals surface area contributed by atoms with Gasteiger partial charge in [0.15, 0.2) is 0 Å². The van der Waals surface area contributed by atoms with Crippen LogP contribution in [0.15, 0.2) is 18.2 Å². The lowest BCUT2D eigenvalue weighted by Crippen LogP contribution is -2.33. The zero-order chi connectivity index (χ0) is 15.0. The van der Waals surface area contributed by atoms with Gasteiger partial charge >= 0.3 is 5.97 Å². The number of nitrogens with zero attached hydrogens (tertiary/aromatic N) is 2. The van der Waals surface area contributed by atoms with E-state index in [9.17, 15) is 14.3 Å². The van der Waals surface area contributed by atoms with Gasteiger partial charge in [-0.1, -0.05) is 0 Å². The van der Waals surface area contributed by atoms with Crippen molar-refractivity contribution < 1.29 is 19.0 Å². The third-order valence-electron chi connectivity index (χ3n) is 3.81. The van der Waals surface area contributed by atoms with Crippen LogP contribution in [0.3, 0.4) is 0 Å². The molecule has 0 bridgehead atoms. The van der Waals surface area contributed by atoms with E-state index in [1.165, 1.54) is 12.1 Å². The number of benzene rings is 1. The second kappa shape index (κ2) is 5.44. The summed E-state index contributed by atoms with van der Waals surface area (Å²) >= 11 is 0. The fourth-order valence-corrected chi connectivity index (χ4v) is 2.82. The van der Waals surface area contributed by atoms with Gasteiger partial charge in [0.1, 0.15) is 17.7 Å². The van der Waals surface area contributed by atoms with Crippen molar-refractivity contribution in [2.45, 2.75) is 44.9 Å². The summed E-state index contributed by atoms with van der Waals surface area (Å²) in [6, 6.07) is 4.51. The molecule has 1 aliphatic heterocycles. The van der Waals surface area contributed by atoms with E-state index in [1.807, 2.05) is 11.5 Å². The quantitative estimate of drug-likeness (QED) is 0.878. The van der Waals surface area contributed by atoms with Crippen LogP contribution in [0, 0.1) is 12.7 Å². The molecule has 1 fully saturated rings. The minimum Gasteiger partial charge on any atom is -0.462 e. The highest BCUT2D eigenvalue weighted by atomic mass is 19.1. The normalized spacial score (nSPS) is 22.5. The average molecular weight is 292 g/mol. The lowest BCUT2D eigenvalue weighted by atomic mass is 10.0. The molecule has 0 aliphatic carbocycles. The lowest BCUT2D eigenvalue weighted by Gasteiger charge is -2.26. The van der Waals surface area contributed by atoms with Crippen LogP contribution in [-0.2, 0) is 16.1 Å². The molecule has 5 nitrogen and oxygen atoms in total. The maximum absolute atomic E-state index is 13.2. The van der Waals surface area contributed by atoms with E-state index in [2.05, 4.69) is 4.98 Å². The Kier molecular flexibility index (Phi) is 3.63. The van der Waals surface area contributed by atoms with Gasteiger partial charge in [-0.25, -0.2) is 9.37 Å². The van der Waals surface area contributed by atoms with Gasteiger partial charge in [0.25, 0.3) is 0 Å². The Morgan fingerprint density at radius 2 is 2.33 bits per heavy atom. The van der Waals surface area contributed by atoms with Crippen molar-refractivity contribution >= 4 is 17.0 Å². The summed E-state index contributed by atoms with van der Waals surface area (Å²) in [5, 5.41) is 9.60. The van der Waals surface area contributed by atoms with Crippen LogP contribution in [-0.4, -0.2) is 32.8 Å². The highest BCUT2D eigenvalue weighted by molar-refractivity contribution is 5.76. The number of aliphatic hydroxyl groups excluding tert-OH is 1. The molecular formula is C15H17FN2O3. The number of aliphatic hydroxyl groups is 1. The second-order valence-corrected chi connectivity index (χ2v) is 5.44. The number of fused-ring (bicyclic) bond motifs is 1. The van der Waals surface area contributed by atoms with E-state index in [0.717, 1.165) is 11.3 Å². The molecule has 0 spiro atoms. The second-order valence-electron chi connectivity index (χ2n) is 5.44. The number of cyclic esters (lactones) is 1. The molecule has 2 heterocycles. The average Bonchev–Trinajstić information content (AvgIpc) is 2.70. The first-order chi connectivity index (χ1) is 10.0. The van der Waals surface area contributed by atoms with Crippen LogP contribution in [0.5, 0.6) is 0 Å². The van der Waals surface area contributed by atoms with Gasteiger partial charge in [-0.05, 0) is 19.1 Å². The topological polar surface area (TPSA) is 64.3 Å². The number of aromatic nitrogens is 2. The van der Waals surface area contributed by atoms with Gasteiger partial charge in [-0.3, -0.25) is 4.79 Å². The molecule has 6 heteroatoms. The van der Waals surface area contributed by atoms with E-state index >= 15 is 0 Å². The minimum absolute atomic E-state index is 0.0722. The smallest absolute Gasteiger partial charge is 0.308 e. The lowest BCUT2D eigenvalue weighted by molar-refractivity contribution is -0.160. The summed E-state index contributed by atoms with van der Waals surface area (Å²) in [4.78, 5) is 15.7. The van der Waals surface area contributed by atoms with Gasteiger partial charge in [-0.2, -0.15) is 0 Å². The van der Waals surface area contributed by atoms with Gasteiger partial charge in [0, 0.05) is 25.5 Å². The first kappa shape index (κ1) is 14.0. The molecular weight excluding hydrogens is 275 g/mol. The zero-order valence-corrected chi connectivity index (χ0v) is 11.8. The number of imidazole rings is 1. The number of rotatable bonds is 3. The summed E-state index contributed by atoms with van der Waals surface area (Å²) in [6.07, 6.45) is 0.242. The van der Waals surface area contributed by atoms with E-state index in [1.54, 1.807) is 6.07 Å². The summed E-state index contributed by atoms with van der Waals surface area (Å²) < 4.78 is 20.4. The maximum Gasteiger partial charge on any atom is 0.308 e. The number of esters is 1. The van der Waals surface area contributed by atoms with E-state index in [0.29, 0.717) is 24.9 Å². The number of ether oxygens (including phenoxy) is 1. The van der Waals surface area contributed by atoms with Gasteiger partial charge < -0.3 is 14.4 Å². The molecule has 2 unspecified atom stereocenters. The predicted octanol–water partition coefficient (Wildman–Crippen LogP) is 1.94. The van der Waals surface area contributed by atoms with Crippen molar-refractivity contribution in [3.05, 3.63) is 29.8 Å². The van der Waals surface area contributed by atoms with Crippen LogP contribution >= 0.6 is 0 Å². The zero-order valence-electron chi connectivity index (χ0n) is 11.8. The largest absolute Gasteiger partial charge is 0.462 e. The van der Waals surface area contributed by atoms with E-state index in [4.69, 9.17) is 4.74 Å². The Balaban J connectivity index is 1.76. The van der Waals surface area contributed by atoms with Crippen molar-refractivity contribution in [1.29, 1.82) is 0 Å². The SMILES string of the molecule is Cc1nc2cc(F)ccc2n1CCC1CC(O)CC(=O)O1. The Labute approximate surface area is 121 Å². The molecule has 2 aromatic rings. The van der Waals surface area contributed by atoms with Crippen LogP contribution in [0.1, 0.15) is 25.1 Å². The molecule has 1 saturated heterocycles. The van der Waals surface area contributed by atoms with E-state index in [-0.39, 0.29) is 24.3 Å². The number of carbonyl (C=O) groups excluding carboxylic acids is 1. The molecule has 1 N–H and O–H groups in total.